The molecule has 49 heavy (non-hydrogen) atoms. The van der Waals surface area contributed by atoms with Gasteiger partial charge in [-0.25, -0.2) is 8.78 Å². The van der Waals surface area contributed by atoms with E-state index in [0.29, 0.717) is 90.5 Å². The minimum Gasteiger partial charge on any atom is -0.497 e. The highest BCUT2D eigenvalue weighted by Gasteiger charge is 2.56. The van der Waals surface area contributed by atoms with E-state index >= 15 is 4.39 Å². The van der Waals surface area contributed by atoms with E-state index in [9.17, 15) is 14.0 Å². The van der Waals surface area contributed by atoms with Crippen LogP contribution in [0.2, 0.25) is 0 Å². The second-order valence-corrected chi connectivity index (χ2v) is 14.2. The molecule has 0 aliphatic carbocycles. The molecule has 4 aliphatic rings. The number of piperidine rings is 2. The SMILES string of the molecule is COCCN(C)C(=O)C1CCN(c2cc(F)ccc2C2CCN(C(=O)[C@]3(F)CN(C4CCOCC4)C[C@H]3c3ccc(OC)cc3)CC2)CC1. The Morgan fingerprint density at radius 3 is 2.31 bits per heavy atom. The number of ether oxygens (including phenoxy) is 3. The number of rotatable bonds is 10. The smallest absolute Gasteiger partial charge is 0.262 e. The second-order valence-electron chi connectivity index (χ2n) is 14.2. The van der Waals surface area contributed by atoms with Gasteiger partial charge in [-0.2, -0.15) is 0 Å². The van der Waals surface area contributed by atoms with E-state index in [2.05, 4.69) is 9.80 Å². The molecule has 0 bridgehead atoms. The topological polar surface area (TPSA) is 74.8 Å². The van der Waals surface area contributed by atoms with Gasteiger partial charge in [0.15, 0.2) is 0 Å². The summed E-state index contributed by atoms with van der Waals surface area (Å²) in [6.07, 6.45) is 4.44. The Hall–Kier alpha value is -3.28. The van der Waals surface area contributed by atoms with Gasteiger partial charge < -0.3 is 28.9 Å². The molecule has 4 heterocycles. The van der Waals surface area contributed by atoms with E-state index in [4.69, 9.17) is 14.2 Å². The summed E-state index contributed by atoms with van der Waals surface area (Å²) in [6, 6.07) is 12.6. The lowest BCUT2D eigenvalue weighted by Crippen LogP contribution is -2.53. The lowest BCUT2D eigenvalue weighted by atomic mass is 9.83. The van der Waals surface area contributed by atoms with Crippen LogP contribution < -0.4 is 9.64 Å². The fraction of sp³-hybridized carbons (Fsp3) is 0.632. The van der Waals surface area contributed by atoms with Crippen LogP contribution in [0.3, 0.4) is 0 Å². The predicted molar refractivity (Wildman–Crippen MR) is 184 cm³/mol. The van der Waals surface area contributed by atoms with Crippen LogP contribution in [0.1, 0.15) is 61.5 Å². The molecule has 0 unspecified atom stereocenters. The highest BCUT2D eigenvalue weighted by Crippen LogP contribution is 2.44. The summed E-state index contributed by atoms with van der Waals surface area (Å²) in [6.45, 7) is 5.17. The first kappa shape index (κ1) is 35.5. The molecule has 4 aliphatic heterocycles. The molecule has 2 atom stereocenters. The molecule has 0 aromatic heterocycles. The molecule has 9 nitrogen and oxygen atoms in total. The average Bonchev–Trinajstić information content (AvgIpc) is 3.52. The van der Waals surface area contributed by atoms with Crippen LogP contribution in [-0.4, -0.2) is 125 Å². The zero-order chi connectivity index (χ0) is 34.5. The van der Waals surface area contributed by atoms with Crippen LogP contribution in [0.4, 0.5) is 14.5 Å². The number of benzene rings is 2. The van der Waals surface area contributed by atoms with Gasteiger partial charge in [0.05, 0.1) is 13.7 Å². The molecule has 4 fully saturated rings. The van der Waals surface area contributed by atoms with Gasteiger partial charge in [-0.05, 0) is 79.8 Å². The largest absolute Gasteiger partial charge is 0.497 e. The third kappa shape index (κ3) is 7.73. The maximum atomic E-state index is 17.4. The number of carbonyl (C=O) groups excluding carboxylic acids is 2. The number of methoxy groups -OCH3 is 2. The maximum absolute atomic E-state index is 17.4. The number of hydrogen-bond acceptors (Lipinski definition) is 7. The number of nitrogens with zero attached hydrogens (tertiary/aromatic N) is 4. The van der Waals surface area contributed by atoms with E-state index in [0.717, 1.165) is 29.7 Å². The molecule has 4 saturated heterocycles. The summed E-state index contributed by atoms with van der Waals surface area (Å²) < 4.78 is 48.1. The first-order valence-electron chi connectivity index (χ1n) is 17.9. The first-order valence-corrected chi connectivity index (χ1v) is 17.9. The number of anilines is 1. The van der Waals surface area contributed by atoms with Crippen molar-refractivity contribution in [3.63, 3.8) is 0 Å². The fourth-order valence-electron chi connectivity index (χ4n) is 8.41. The molecule has 0 saturated carbocycles. The van der Waals surface area contributed by atoms with Crippen molar-refractivity contribution in [2.24, 2.45) is 5.92 Å². The van der Waals surface area contributed by atoms with Gasteiger partial charge in [0, 0.05) is 96.7 Å². The molecule has 0 radical (unpaired) electrons. The maximum Gasteiger partial charge on any atom is 0.262 e. The molecular weight excluding hydrogens is 630 g/mol. The van der Waals surface area contributed by atoms with Crippen molar-refractivity contribution in [3.05, 3.63) is 59.4 Å². The number of likely N-dealkylation sites (N-methyl/N-ethyl adjacent to an activating group) is 1. The van der Waals surface area contributed by atoms with Gasteiger partial charge in [0.25, 0.3) is 5.91 Å². The van der Waals surface area contributed by atoms with Gasteiger partial charge in [-0.3, -0.25) is 14.5 Å². The van der Waals surface area contributed by atoms with Crippen molar-refractivity contribution in [2.45, 2.75) is 62.1 Å². The molecule has 2 aromatic carbocycles. The number of hydrogen-bond donors (Lipinski definition) is 0. The lowest BCUT2D eigenvalue weighted by Gasteiger charge is -2.39. The van der Waals surface area contributed by atoms with Crippen molar-refractivity contribution >= 4 is 17.5 Å². The first-order chi connectivity index (χ1) is 23.7. The average molecular weight is 683 g/mol. The zero-order valence-electron chi connectivity index (χ0n) is 29.3. The Kier molecular flexibility index (Phi) is 11.4. The van der Waals surface area contributed by atoms with Crippen LogP contribution in [0, 0.1) is 11.7 Å². The number of amides is 2. The summed E-state index contributed by atoms with van der Waals surface area (Å²) in [5.41, 5.74) is 0.699. The van der Waals surface area contributed by atoms with Crippen molar-refractivity contribution in [1.29, 1.82) is 0 Å². The minimum absolute atomic E-state index is 0.0583. The summed E-state index contributed by atoms with van der Waals surface area (Å²) in [5, 5.41) is 0. The Morgan fingerprint density at radius 2 is 1.65 bits per heavy atom. The summed E-state index contributed by atoms with van der Waals surface area (Å²) >= 11 is 0. The molecular formula is C38H52F2N4O5. The van der Waals surface area contributed by atoms with Crippen molar-refractivity contribution in [1.82, 2.24) is 14.7 Å². The molecule has 268 valence electrons. The van der Waals surface area contributed by atoms with E-state index in [1.807, 2.05) is 37.4 Å². The number of likely N-dealkylation sites (tertiary alicyclic amines) is 2. The van der Waals surface area contributed by atoms with E-state index in [-0.39, 0.29) is 36.1 Å². The standard InChI is InChI=1S/C38H52F2N4O5/c1-41(20-23-47-2)36(45)29-12-16-42(17-13-29)35-24-30(39)6-9-33(35)27-10-18-43(19-11-27)37(46)38(40)26-44(31-14-21-49-22-15-31)25-34(38)28-4-7-32(48-3)8-5-28/h4-9,24,27,29,31,34H,10-23,25-26H2,1-3H3/t34-,38-/m0/s1. The quantitative estimate of drug-likeness (QED) is 0.355. The summed E-state index contributed by atoms with van der Waals surface area (Å²) in [4.78, 5) is 35.0. The summed E-state index contributed by atoms with van der Waals surface area (Å²) in [7, 11) is 5.05. The second kappa shape index (κ2) is 15.7. The van der Waals surface area contributed by atoms with E-state index in [1.165, 1.54) is 6.07 Å². The lowest BCUT2D eigenvalue weighted by molar-refractivity contribution is -0.145. The number of carbonyl (C=O) groups is 2. The zero-order valence-corrected chi connectivity index (χ0v) is 29.3. The molecule has 2 aromatic rings. The Bertz CT molecular complexity index is 1420. The Labute approximate surface area is 289 Å². The van der Waals surface area contributed by atoms with Crippen molar-refractivity contribution in [3.8, 4) is 5.75 Å². The third-order valence-corrected chi connectivity index (χ3v) is 11.4. The van der Waals surface area contributed by atoms with Crippen molar-refractivity contribution in [2.75, 3.05) is 91.8 Å². The van der Waals surface area contributed by atoms with E-state index < -0.39 is 17.5 Å². The molecule has 0 N–H and O–H groups in total. The fourth-order valence-corrected chi connectivity index (χ4v) is 8.41. The van der Waals surface area contributed by atoms with Gasteiger partial charge >= 0.3 is 0 Å². The third-order valence-electron chi connectivity index (χ3n) is 11.4. The monoisotopic (exact) mass is 682 g/mol. The van der Waals surface area contributed by atoms with Gasteiger partial charge in [0.2, 0.25) is 11.6 Å². The number of alkyl halides is 1. The van der Waals surface area contributed by atoms with E-state index in [1.54, 1.807) is 30.1 Å². The van der Waals surface area contributed by atoms with Crippen LogP contribution in [0.15, 0.2) is 42.5 Å². The van der Waals surface area contributed by atoms with Crippen LogP contribution in [0.25, 0.3) is 0 Å². The van der Waals surface area contributed by atoms with Gasteiger partial charge in [-0.1, -0.05) is 18.2 Å². The minimum atomic E-state index is -2.04. The molecule has 11 heteroatoms. The molecule has 6 rings (SSSR count). The van der Waals surface area contributed by atoms with Crippen LogP contribution in [0.5, 0.6) is 5.75 Å². The Balaban J connectivity index is 1.13. The van der Waals surface area contributed by atoms with Crippen molar-refractivity contribution < 1.29 is 32.6 Å². The van der Waals surface area contributed by atoms with Gasteiger partial charge in [0.1, 0.15) is 11.6 Å². The molecule has 2 amide bonds. The molecule has 0 spiro atoms. The predicted octanol–water partition coefficient (Wildman–Crippen LogP) is 4.85. The Morgan fingerprint density at radius 1 is 0.959 bits per heavy atom. The number of halogens is 2. The van der Waals surface area contributed by atoms with Crippen LogP contribution in [-0.2, 0) is 19.1 Å². The van der Waals surface area contributed by atoms with Crippen LogP contribution >= 0.6 is 0 Å². The van der Waals surface area contributed by atoms with Gasteiger partial charge in [-0.15, -0.1) is 0 Å². The highest BCUT2D eigenvalue weighted by atomic mass is 19.1. The normalized spacial score (nSPS) is 24.7. The highest BCUT2D eigenvalue weighted by molar-refractivity contribution is 5.87. The summed E-state index contributed by atoms with van der Waals surface area (Å²) in [5.74, 6) is -0.405.